The maximum absolute atomic E-state index is 12.0. The Bertz CT molecular complexity index is 567. The molecule has 6 nitrogen and oxygen atoms in total. The first-order valence-electron chi connectivity index (χ1n) is 9.21. The summed E-state index contributed by atoms with van der Waals surface area (Å²) in [6, 6.07) is 5.82. The summed E-state index contributed by atoms with van der Waals surface area (Å²) in [5, 5.41) is 5.65. The van der Waals surface area contributed by atoms with Crippen molar-refractivity contribution >= 4 is 12.0 Å². The Balaban J connectivity index is 2.38. The highest BCUT2D eigenvalue weighted by Gasteiger charge is 2.15. The Morgan fingerprint density at radius 3 is 2.35 bits per heavy atom. The lowest BCUT2D eigenvalue weighted by molar-refractivity contribution is -0.121. The average molecular weight is 364 g/mol. The van der Waals surface area contributed by atoms with Crippen LogP contribution in [0.1, 0.15) is 44.7 Å². The van der Waals surface area contributed by atoms with Crippen molar-refractivity contribution in [3.05, 3.63) is 29.3 Å². The van der Waals surface area contributed by atoms with E-state index in [1.54, 1.807) is 6.92 Å². The highest BCUT2D eigenvalue weighted by atomic mass is 16.5. The minimum atomic E-state index is -0.453. The number of carbonyl (C=O) groups excluding carboxylic acids is 2. The fourth-order valence-corrected chi connectivity index (χ4v) is 2.70. The molecule has 0 aliphatic heterocycles. The second-order valence-electron chi connectivity index (χ2n) is 6.92. The maximum Gasteiger partial charge on any atom is 0.407 e. The molecule has 1 aromatic carbocycles. The van der Waals surface area contributed by atoms with Crippen LogP contribution in [0.4, 0.5) is 4.79 Å². The molecule has 1 rings (SSSR count). The molecule has 6 heteroatoms. The van der Waals surface area contributed by atoms with E-state index in [0.717, 1.165) is 23.3 Å². The summed E-state index contributed by atoms with van der Waals surface area (Å²) in [6.07, 6.45) is 0.574. The number of nitrogens with one attached hydrogen (secondary N) is 2. The summed E-state index contributed by atoms with van der Waals surface area (Å²) in [6.45, 7) is 10.9. The molecule has 0 bridgehead atoms. The van der Waals surface area contributed by atoms with Gasteiger partial charge in [0.25, 0.3) is 0 Å². The second-order valence-corrected chi connectivity index (χ2v) is 6.92. The van der Waals surface area contributed by atoms with Crippen molar-refractivity contribution in [3.8, 4) is 5.75 Å². The van der Waals surface area contributed by atoms with Crippen molar-refractivity contribution < 1.29 is 19.1 Å². The lowest BCUT2D eigenvalue weighted by Crippen LogP contribution is -2.44. The van der Waals surface area contributed by atoms with Gasteiger partial charge in [-0.15, -0.1) is 0 Å². The molecule has 1 unspecified atom stereocenters. The van der Waals surface area contributed by atoms with Gasteiger partial charge in [-0.05, 0) is 56.4 Å². The first-order valence-corrected chi connectivity index (χ1v) is 9.21. The summed E-state index contributed by atoms with van der Waals surface area (Å²) in [7, 11) is 0. The third-order valence-electron chi connectivity index (χ3n) is 3.69. The van der Waals surface area contributed by atoms with Crippen LogP contribution >= 0.6 is 0 Å². The van der Waals surface area contributed by atoms with Gasteiger partial charge in [-0.2, -0.15) is 0 Å². The molecule has 0 heterocycles. The highest BCUT2D eigenvalue weighted by Crippen LogP contribution is 2.16. The van der Waals surface area contributed by atoms with Crippen molar-refractivity contribution in [1.29, 1.82) is 0 Å². The molecule has 0 aromatic heterocycles. The standard InChI is InChI=1S/C20H32N2O4/c1-6-25-20(24)22-17(9-14(2)3)13-21-19(23)7-8-26-18-11-15(4)10-16(5)12-18/h10-12,14,17H,6-9,13H2,1-5H3,(H,21,23)(H,22,24). The van der Waals surface area contributed by atoms with Crippen molar-refractivity contribution in [1.82, 2.24) is 10.6 Å². The van der Waals surface area contributed by atoms with Crippen molar-refractivity contribution in [2.45, 2.75) is 53.5 Å². The van der Waals surface area contributed by atoms with Gasteiger partial charge in [0.05, 0.1) is 19.6 Å². The molecule has 0 saturated carbocycles. The highest BCUT2D eigenvalue weighted by molar-refractivity contribution is 5.76. The van der Waals surface area contributed by atoms with E-state index in [1.165, 1.54) is 0 Å². The molecule has 1 atom stereocenters. The number of carbonyl (C=O) groups is 2. The summed E-state index contributed by atoms with van der Waals surface area (Å²) in [5.74, 6) is 1.07. The Kier molecular flexibility index (Phi) is 9.55. The average Bonchev–Trinajstić information content (AvgIpc) is 2.51. The minimum Gasteiger partial charge on any atom is -0.493 e. The van der Waals surface area contributed by atoms with Crippen molar-refractivity contribution in [2.75, 3.05) is 19.8 Å². The predicted octanol–water partition coefficient (Wildman–Crippen LogP) is 3.35. The van der Waals surface area contributed by atoms with E-state index in [-0.39, 0.29) is 18.4 Å². The lowest BCUT2D eigenvalue weighted by atomic mass is 10.0. The first-order chi connectivity index (χ1) is 12.3. The van der Waals surface area contributed by atoms with E-state index in [9.17, 15) is 9.59 Å². The number of hydrogen-bond acceptors (Lipinski definition) is 4. The van der Waals surface area contributed by atoms with E-state index >= 15 is 0 Å². The van der Waals surface area contributed by atoms with Gasteiger partial charge in [-0.3, -0.25) is 4.79 Å². The molecule has 0 spiro atoms. The van der Waals surface area contributed by atoms with E-state index < -0.39 is 6.09 Å². The Morgan fingerprint density at radius 1 is 1.12 bits per heavy atom. The van der Waals surface area contributed by atoms with Gasteiger partial charge < -0.3 is 20.1 Å². The largest absolute Gasteiger partial charge is 0.493 e. The molecule has 0 fully saturated rings. The SMILES string of the molecule is CCOC(=O)NC(CNC(=O)CCOc1cc(C)cc(C)c1)CC(C)C. The van der Waals surface area contributed by atoms with E-state index in [2.05, 4.69) is 30.5 Å². The number of alkyl carbamates (subject to hydrolysis) is 1. The minimum absolute atomic E-state index is 0.103. The molecule has 146 valence electrons. The molecule has 0 aliphatic carbocycles. The van der Waals surface area contributed by atoms with Crippen LogP contribution in [0.2, 0.25) is 0 Å². The van der Waals surface area contributed by atoms with Gasteiger partial charge in [0.1, 0.15) is 5.75 Å². The fraction of sp³-hybridized carbons (Fsp3) is 0.600. The normalized spacial score (nSPS) is 11.8. The maximum atomic E-state index is 12.0. The number of rotatable bonds is 10. The van der Waals surface area contributed by atoms with Gasteiger partial charge in [0.2, 0.25) is 5.91 Å². The van der Waals surface area contributed by atoms with Crippen LogP contribution in [0.15, 0.2) is 18.2 Å². The summed E-state index contributed by atoms with van der Waals surface area (Å²) >= 11 is 0. The van der Waals surface area contributed by atoms with Crippen molar-refractivity contribution in [2.24, 2.45) is 5.92 Å². The summed E-state index contributed by atoms with van der Waals surface area (Å²) < 4.78 is 10.6. The molecule has 0 saturated heterocycles. The zero-order valence-corrected chi connectivity index (χ0v) is 16.6. The number of amides is 2. The fourth-order valence-electron chi connectivity index (χ4n) is 2.70. The second kappa shape index (κ2) is 11.4. The first kappa shape index (κ1) is 21.8. The molecule has 0 radical (unpaired) electrons. The molecule has 26 heavy (non-hydrogen) atoms. The third-order valence-corrected chi connectivity index (χ3v) is 3.69. The van der Waals surface area contributed by atoms with Crippen LogP contribution in [-0.2, 0) is 9.53 Å². The smallest absolute Gasteiger partial charge is 0.407 e. The Morgan fingerprint density at radius 2 is 1.77 bits per heavy atom. The predicted molar refractivity (Wildman–Crippen MR) is 102 cm³/mol. The van der Waals surface area contributed by atoms with Gasteiger partial charge in [0.15, 0.2) is 0 Å². The van der Waals surface area contributed by atoms with Crippen LogP contribution in [0, 0.1) is 19.8 Å². The van der Waals surface area contributed by atoms with E-state index in [4.69, 9.17) is 9.47 Å². The van der Waals surface area contributed by atoms with Crippen LogP contribution in [0.3, 0.4) is 0 Å². The van der Waals surface area contributed by atoms with Crippen LogP contribution < -0.4 is 15.4 Å². The van der Waals surface area contributed by atoms with Gasteiger partial charge >= 0.3 is 6.09 Å². The summed E-state index contributed by atoms with van der Waals surface area (Å²) in [5.41, 5.74) is 2.26. The Hall–Kier alpha value is -2.24. The number of benzene rings is 1. The third kappa shape index (κ3) is 9.30. The quantitative estimate of drug-likeness (QED) is 0.667. The van der Waals surface area contributed by atoms with Gasteiger partial charge in [-0.25, -0.2) is 4.79 Å². The zero-order valence-electron chi connectivity index (χ0n) is 16.6. The van der Waals surface area contributed by atoms with Crippen LogP contribution in [0.5, 0.6) is 5.75 Å². The summed E-state index contributed by atoms with van der Waals surface area (Å²) in [4.78, 5) is 23.6. The van der Waals surface area contributed by atoms with Gasteiger partial charge in [0, 0.05) is 12.6 Å². The molecule has 1 aromatic rings. The lowest BCUT2D eigenvalue weighted by Gasteiger charge is -2.20. The number of ether oxygens (including phenoxy) is 2. The topological polar surface area (TPSA) is 76.7 Å². The van der Waals surface area contributed by atoms with Gasteiger partial charge in [-0.1, -0.05) is 19.9 Å². The molecular weight excluding hydrogens is 332 g/mol. The molecule has 2 amide bonds. The zero-order chi connectivity index (χ0) is 19.5. The number of aryl methyl sites for hydroxylation is 2. The monoisotopic (exact) mass is 364 g/mol. The Labute approximate surface area is 156 Å². The molecule has 0 aliphatic rings. The van der Waals surface area contributed by atoms with Crippen LogP contribution in [0.25, 0.3) is 0 Å². The van der Waals surface area contributed by atoms with E-state index in [0.29, 0.717) is 25.7 Å². The number of hydrogen-bond donors (Lipinski definition) is 2. The molecule has 2 N–H and O–H groups in total. The molecular formula is C20H32N2O4. The van der Waals surface area contributed by atoms with Crippen LogP contribution in [-0.4, -0.2) is 37.8 Å². The van der Waals surface area contributed by atoms with Crippen molar-refractivity contribution in [3.63, 3.8) is 0 Å². The van der Waals surface area contributed by atoms with E-state index in [1.807, 2.05) is 26.0 Å².